The summed E-state index contributed by atoms with van der Waals surface area (Å²) in [6, 6.07) is 7.90. The molecule has 2 atom stereocenters. The third kappa shape index (κ3) is 3.56. The van der Waals surface area contributed by atoms with Crippen molar-refractivity contribution < 1.29 is 9.53 Å². The van der Waals surface area contributed by atoms with Crippen molar-refractivity contribution in [2.45, 2.75) is 57.1 Å². The van der Waals surface area contributed by atoms with Gasteiger partial charge in [-0.05, 0) is 57.1 Å². The average molecular weight is 288 g/mol. The largest absolute Gasteiger partial charge is 0.488 e. The summed E-state index contributed by atoms with van der Waals surface area (Å²) in [7, 11) is 0. The number of nitrogens with two attached hydrogens (primary N) is 1. The Hall–Kier alpha value is -1.55. The van der Waals surface area contributed by atoms with E-state index in [0.717, 1.165) is 43.5 Å². The van der Waals surface area contributed by atoms with E-state index in [4.69, 9.17) is 10.5 Å². The quantitative estimate of drug-likeness (QED) is 0.895. The first-order valence-electron chi connectivity index (χ1n) is 8.04. The molecular weight excluding hydrogens is 264 g/mol. The molecule has 0 aromatic heterocycles. The van der Waals surface area contributed by atoms with Gasteiger partial charge in [-0.3, -0.25) is 4.79 Å². The minimum absolute atomic E-state index is 0.0412. The minimum Gasteiger partial charge on any atom is -0.488 e. The van der Waals surface area contributed by atoms with E-state index >= 15 is 0 Å². The number of ether oxygens (including phenoxy) is 1. The Kier molecular flexibility index (Phi) is 4.44. The van der Waals surface area contributed by atoms with Crippen molar-refractivity contribution in [1.82, 2.24) is 0 Å². The van der Waals surface area contributed by atoms with E-state index < -0.39 is 0 Å². The SMILES string of the molecule is NC1CCC(C(=O)Nc2ccccc2OC2CCCC2)C1. The van der Waals surface area contributed by atoms with Crippen LogP contribution < -0.4 is 15.8 Å². The van der Waals surface area contributed by atoms with Crippen LogP contribution in [-0.4, -0.2) is 18.1 Å². The maximum atomic E-state index is 12.3. The molecule has 2 aliphatic carbocycles. The van der Waals surface area contributed by atoms with Crippen LogP contribution in [0.4, 0.5) is 5.69 Å². The molecule has 114 valence electrons. The fraction of sp³-hybridized carbons (Fsp3) is 0.588. The molecule has 0 saturated heterocycles. The molecule has 2 fully saturated rings. The Morgan fingerprint density at radius 1 is 1.14 bits per heavy atom. The molecule has 0 radical (unpaired) electrons. The van der Waals surface area contributed by atoms with E-state index in [0.29, 0.717) is 6.10 Å². The van der Waals surface area contributed by atoms with E-state index in [2.05, 4.69) is 5.32 Å². The second kappa shape index (κ2) is 6.48. The smallest absolute Gasteiger partial charge is 0.227 e. The van der Waals surface area contributed by atoms with Gasteiger partial charge in [-0.1, -0.05) is 12.1 Å². The van der Waals surface area contributed by atoms with Crippen molar-refractivity contribution in [1.29, 1.82) is 0 Å². The lowest BCUT2D eigenvalue weighted by Gasteiger charge is -2.18. The van der Waals surface area contributed by atoms with Gasteiger partial charge in [-0.15, -0.1) is 0 Å². The zero-order chi connectivity index (χ0) is 14.7. The molecule has 3 rings (SSSR count). The predicted octanol–water partition coefficient (Wildman–Crippen LogP) is 3.07. The number of hydrogen-bond acceptors (Lipinski definition) is 3. The van der Waals surface area contributed by atoms with Crippen LogP contribution in [0, 0.1) is 5.92 Å². The monoisotopic (exact) mass is 288 g/mol. The van der Waals surface area contributed by atoms with Gasteiger partial charge in [0.1, 0.15) is 5.75 Å². The molecule has 0 spiro atoms. The fourth-order valence-electron chi connectivity index (χ4n) is 3.35. The van der Waals surface area contributed by atoms with Crippen LogP contribution in [-0.2, 0) is 4.79 Å². The number of rotatable bonds is 4. The van der Waals surface area contributed by atoms with Gasteiger partial charge < -0.3 is 15.8 Å². The van der Waals surface area contributed by atoms with Gasteiger partial charge in [-0.2, -0.15) is 0 Å². The van der Waals surface area contributed by atoms with E-state index in [1.807, 2.05) is 24.3 Å². The summed E-state index contributed by atoms with van der Waals surface area (Å²) in [5, 5.41) is 3.03. The average Bonchev–Trinajstić information content (AvgIpc) is 3.12. The lowest BCUT2D eigenvalue weighted by atomic mass is 10.1. The lowest BCUT2D eigenvalue weighted by Crippen LogP contribution is -2.23. The third-order valence-corrected chi connectivity index (χ3v) is 4.58. The molecule has 0 bridgehead atoms. The number of hydrogen-bond donors (Lipinski definition) is 2. The molecule has 21 heavy (non-hydrogen) atoms. The number of anilines is 1. The number of amides is 1. The van der Waals surface area contributed by atoms with Gasteiger partial charge in [0.05, 0.1) is 11.8 Å². The number of benzene rings is 1. The van der Waals surface area contributed by atoms with Crippen LogP contribution in [0.15, 0.2) is 24.3 Å². The van der Waals surface area contributed by atoms with Crippen molar-refractivity contribution in [3.8, 4) is 5.75 Å². The van der Waals surface area contributed by atoms with Crippen LogP contribution in [0.2, 0.25) is 0 Å². The van der Waals surface area contributed by atoms with Gasteiger partial charge in [0.25, 0.3) is 0 Å². The fourth-order valence-corrected chi connectivity index (χ4v) is 3.35. The summed E-state index contributed by atoms with van der Waals surface area (Å²) < 4.78 is 6.05. The van der Waals surface area contributed by atoms with E-state index in [1.54, 1.807) is 0 Å². The van der Waals surface area contributed by atoms with Crippen molar-refractivity contribution in [3.05, 3.63) is 24.3 Å². The van der Waals surface area contributed by atoms with Crippen LogP contribution in [0.3, 0.4) is 0 Å². The molecule has 1 aromatic carbocycles. The Bertz CT molecular complexity index is 497. The van der Waals surface area contributed by atoms with E-state index in [1.165, 1.54) is 12.8 Å². The van der Waals surface area contributed by atoms with Gasteiger partial charge in [0.2, 0.25) is 5.91 Å². The maximum absolute atomic E-state index is 12.3. The summed E-state index contributed by atoms with van der Waals surface area (Å²) in [6.45, 7) is 0. The first-order chi connectivity index (χ1) is 10.2. The molecule has 2 aliphatic rings. The predicted molar refractivity (Wildman–Crippen MR) is 83.3 cm³/mol. The standard InChI is InChI=1S/C17H24N2O2/c18-13-10-9-12(11-13)17(20)19-15-7-3-4-8-16(15)21-14-5-1-2-6-14/h3-4,7-8,12-14H,1-2,5-6,9-11,18H2,(H,19,20). The molecule has 4 nitrogen and oxygen atoms in total. The van der Waals surface area contributed by atoms with Crippen molar-refractivity contribution in [2.75, 3.05) is 5.32 Å². The topological polar surface area (TPSA) is 64.4 Å². The Balaban J connectivity index is 1.65. The highest BCUT2D eigenvalue weighted by Gasteiger charge is 2.28. The highest BCUT2D eigenvalue weighted by molar-refractivity contribution is 5.94. The molecule has 0 heterocycles. The van der Waals surface area contributed by atoms with Crippen LogP contribution >= 0.6 is 0 Å². The zero-order valence-corrected chi connectivity index (χ0v) is 12.4. The van der Waals surface area contributed by atoms with Crippen molar-refractivity contribution in [2.24, 2.45) is 11.7 Å². The second-order valence-corrected chi connectivity index (χ2v) is 6.28. The van der Waals surface area contributed by atoms with Gasteiger partial charge in [0, 0.05) is 12.0 Å². The van der Waals surface area contributed by atoms with Gasteiger partial charge in [-0.25, -0.2) is 0 Å². The Labute approximate surface area is 126 Å². The lowest BCUT2D eigenvalue weighted by molar-refractivity contribution is -0.119. The Morgan fingerprint density at radius 2 is 1.90 bits per heavy atom. The summed E-state index contributed by atoms with van der Waals surface area (Å²) >= 11 is 0. The van der Waals surface area contributed by atoms with Crippen LogP contribution in [0.5, 0.6) is 5.75 Å². The van der Waals surface area contributed by atoms with Gasteiger partial charge in [0.15, 0.2) is 0 Å². The molecule has 3 N–H and O–H groups in total. The number of nitrogens with one attached hydrogen (secondary N) is 1. The molecule has 1 amide bonds. The van der Waals surface area contributed by atoms with Gasteiger partial charge >= 0.3 is 0 Å². The highest BCUT2D eigenvalue weighted by Crippen LogP contribution is 2.31. The Morgan fingerprint density at radius 3 is 2.62 bits per heavy atom. The molecule has 0 aliphatic heterocycles. The van der Waals surface area contributed by atoms with E-state index in [9.17, 15) is 4.79 Å². The van der Waals surface area contributed by atoms with Crippen LogP contribution in [0.25, 0.3) is 0 Å². The first kappa shape index (κ1) is 14.4. The maximum Gasteiger partial charge on any atom is 0.227 e. The number of para-hydroxylation sites is 2. The normalized spacial score (nSPS) is 26.0. The number of carbonyl (C=O) groups is 1. The number of carbonyl (C=O) groups excluding carboxylic acids is 1. The summed E-state index contributed by atoms with van der Waals surface area (Å²) in [5.74, 6) is 0.907. The molecule has 4 heteroatoms. The van der Waals surface area contributed by atoms with Crippen LogP contribution in [0.1, 0.15) is 44.9 Å². The summed E-state index contributed by atoms with van der Waals surface area (Å²) in [6.07, 6.45) is 7.61. The van der Waals surface area contributed by atoms with Crippen molar-refractivity contribution >= 4 is 11.6 Å². The van der Waals surface area contributed by atoms with E-state index in [-0.39, 0.29) is 17.9 Å². The zero-order valence-electron chi connectivity index (χ0n) is 12.4. The third-order valence-electron chi connectivity index (χ3n) is 4.58. The molecule has 2 saturated carbocycles. The molecular formula is C17H24N2O2. The highest BCUT2D eigenvalue weighted by atomic mass is 16.5. The second-order valence-electron chi connectivity index (χ2n) is 6.28. The molecule has 1 aromatic rings. The minimum atomic E-state index is 0.0412. The van der Waals surface area contributed by atoms with Crippen molar-refractivity contribution in [3.63, 3.8) is 0 Å². The molecule has 2 unspecified atom stereocenters. The first-order valence-corrected chi connectivity index (χ1v) is 8.04. The summed E-state index contributed by atoms with van der Waals surface area (Å²) in [5.41, 5.74) is 6.68. The summed E-state index contributed by atoms with van der Waals surface area (Å²) in [4.78, 5) is 12.3.